The molecular formula is C27H36O11. The molecule has 0 radical (unpaired) electrons. The Balaban J connectivity index is 1.46. The van der Waals surface area contributed by atoms with Crippen LogP contribution < -0.4 is 0 Å². The van der Waals surface area contributed by atoms with E-state index in [1.807, 2.05) is 0 Å². The Kier molecular flexibility index (Phi) is 6.15. The van der Waals surface area contributed by atoms with Gasteiger partial charge in [-0.3, -0.25) is 19.2 Å². The summed E-state index contributed by atoms with van der Waals surface area (Å²) in [6.07, 6.45) is -2.64. The van der Waals surface area contributed by atoms with E-state index < -0.39 is 94.7 Å². The van der Waals surface area contributed by atoms with Crippen LogP contribution in [0.1, 0.15) is 60.8 Å². The maximum atomic E-state index is 13.4. The molecule has 11 heteroatoms. The highest BCUT2D eigenvalue weighted by Crippen LogP contribution is 2.77. The summed E-state index contributed by atoms with van der Waals surface area (Å²) in [5.74, 6) is -4.42. The minimum absolute atomic E-state index is 0.196. The topological polar surface area (TPSA) is 155 Å². The zero-order chi connectivity index (χ0) is 27.9. The summed E-state index contributed by atoms with van der Waals surface area (Å²) in [7, 11) is 0. The first-order valence-corrected chi connectivity index (χ1v) is 13.2. The van der Waals surface area contributed by atoms with E-state index in [0.29, 0.717) is 12.0 Å². The van der Waals surface area contributed by atoms with Crippen LogP contribution in [0.3, 0.4) is 0 Å². The lowest BCUT2D eigenvalue weighted by atomic mass is 9.61. The van der Waals surface area contributed by atoms with Crippen LogP contribution in [0.5, 0.6) is 0 Å². The van der Waals surface area contributed by atoms with Crippen LogP contribution in [-0.4, -0.2) is 70.4 Å². The van der Waals surface area contributed by atoms with Crippen LogP contribution in [0.15, 0.2) is 11.8 Å². The average Bonchev–Trinajstić information content (AvgIpc) is 3.19. The maximum Gasteiger partial charge on any atom is 0.313 e. The largest absolute Gasteiger partial charge is 0.462 e. The van der Waals surface area contributed by atoms with Crippen molar-refractivity contribution in [2.24, 2.45) is 34.5 Å². The van der Waals surface area contributed by atoms with Gasteiger partial charge in [0.05, 0.1) is 36.2 Å². The maximum absolute atomic E-state index is 13.4. The molecule has 5 rings (SSSR count). The molecule has 11 nitrogen and oxygen atoms in total. The lowest BCUT2D eigenvalue weighted by Crippen LogP contribution is -2.59. The fourth-order valence-corrected chi connectivity index (χ4v) is 7.88. The number of aliphatic hydroxyl groups is 2. The van der Waals surface area contributed by atoms with Gasteiger partial charge in [0.15, 0.2) is 6.10 Å². The summed E-state index contributed by atoms with van der Waals surface area (Å²) in [5, 5.41) is 21.2. The summed E-state index contributed by atoms with van der Waals surface area (Å²) in [5.41, 5.74) is -2.35. The van der Waals surface area contributed by atoms with Gasteiger partial charge < -0.3 is 33.9 Å². The van der Waals surface area contributed by atoms with Gasteiger partial charge in [0.25, 0.3) is 0 Å². The van der Waals surface area contributed by atoms with Crippen molar-refractivity contribution in [1.82, 2.24) is 0 Å². The highest BCUT2D eigenvalue weighted by atomic mass is 16.7. The molecule has 0 amide bonds. The second-order valence-corrected chi connectivity index (χ2v) is 12.4. The summed E-state index contributed by atoms with van der Waals surface area (Å²) < 4.78 is 28.6. The Morgan fingerprint density at radius 2 is 1.89 bits per heavy atom. The van der Waals surface area contributed by atoms with E-state index >= 15 is 0 Å². The average molecular weight is 537 g/mol. The number of carbonyl (C=O) groups is 4. The van der Waals surface area contributed by atoms with E-state index in [1.54, 1.807) is 27.7 Å². The predicted octanol–water partition coefficient (Wildman–Crippen LogP) is 1.38. The molecule has 1 saturated heterocycles. The van der Waals surface area contributed by atoms with Gasteiger partial charge in [-0.25, -0.2) is 0 Å². The second kappa shape index (κ2) is 8.67. The lowest BCUT2D eigenvalue weighted by molar-refractivity contribution is -0.214. The summed E-state index contributed by atoms with van der Waals surface area (Å²) in [6, 6.07) is 0. The van der Waals surface area contributed by atoms with Crippen molar-refractivity contribution in [3.8, 4) is 0 Å². The Bertz CT molecular complexity index is 1090. The molecule has 5 aliphatic rings. The van der Waals surface area contributed by atoms with E-state index in [0.717, 1.165) is 0 Å². The van der Waals surface area contributed by atoms with Gasteiger partial charge >= 0.3 is 23.9 Å². The third kappa shape index (κ3) is 3.68. The fraction of sp³-hybridized carbons (Fsp3) is 0.778. The van der Waals surface area contributed by atoms with Crippen molar-refractivity contribution in [1.29, 1.82) is 0 Å². The van der Waals surface area contributed by atoms with Gasteiger partial charge in [-0.15, -0.1) is 0 Å². The number of esters is 4. The van der Waals surface area contributed by atoms with Gasteiger partial charge in [0.2, 0.25) is 6.29 Å². The van der Waals surface area contributed by atoms with Gasteiger partial charge in [-0.05, 0) is 47.5 Å². The van der Waals surface area contributed by atoms with Crippen LogP contribution in [0.25, 0.3) is 0 Å². The Morgan fingerprint density at radius 3 is 2.53 bits per heavy atom. The second-order valence-electron chi connectivity index (χ2n) is 12.4. The molecule has 3 bridgehead atoms. The quantitative estimate of drug-likeness (QED) is 0.358. The van der Waals surface area contributed by atoms with Crippen LogP contribution >= 0.6 is 0 Å². The van der Waals surface area contributed by atoms with Crippen LogP contribution in [0, 0.1) is 34.5 Å². The molecule has 11 atom stereocenters. The number of ether oxygens (including phenoxy) is 5. The van der Waals surface area contributed by atoms with Gasteiger partial charge in [-0.2, -0.15) is 0 Å². The minimum atomic E-state index is -1.14. The Hall–Kier alpha value is -2.66. The van der Waals surface area contributed by atoms with Crippen molar-refractivity contribution in [3.63, 3.8) is 0 Å². The van der Waals surface area contributed by atoms with Crippen LogP contribution in [-0.2, 0) is 42.9 Å². The highest BCUT2D eigenvalue weighted by molar-refractivity contribution is 5.82. The molecule has 1 spiro atoms. The standard InChI is InChI=1S/C27H36O11/c1-11(12(2)28)22(32)36-19-15-8-27-14-7-17(30)21(27)26(15,6)24(33)37-20(19)16(27)10-34-23(14)35-18(31)9-25(4,5)38-13(3)29/h10-12,14-15,17,19-21,23,28,30H,7-9H2,1-6H3. The first kappa shape index (κ1) is 26.9. The predicted molar refractivity (Wildman–Crippen MR) is 126 cm³/mol. The van der Waals surface area contributed by atoms with Crippen molar-refractivity contribution < 1.29 is 53.1 Å². The molecular weight excluding hydrogens is 500 g/mol. The number of hydrogen-bond acceptors (Lipinski definition) is 11. The Morgan fingerprint density at radius 1 is 1.21 bits per heavy atom. The number of carbonyl (C=O) groups excluding carboxylic acids is 4. The molecule has 2 heterocycles. The number of aliphatic hydroxyl groups excluding tert-OH is 2. The fourth-order valence-electron chi connectivity index (χ4n) is 7.88. The van der Waals surface area contributed by atoms with E-state index in [9.17, 15) is 29.4 Å². The number of hydrogen-bond donors (Lipinski definition) is 2. The molecule has 4 fully saturated rings. The molecule has 0 aromatic rings. The zero-order valence-corrected chi connectivity index (χ0v) is 22.5. The summed E-state index contributed by atoms with van der Waals surface area (Å²) in [4.78, 5) is 50.4. The minimum Gasteiger partial charge on any atom is -0.462 e. The van der Waals surface area contributed by atoms with Gasteiger partial charge in [0, 0.05) is 35.7 Å². The summed E-state index contributed by atoms with van der Waals surface area (Å²) >= 11 is 0. The van der Waals surface area contributed by atoms with Crippen LogP contribution in [0.2, 0.25) is 0 Å². The third-order valence-electron chi connectivity index (χ3n) is 9.53. The first-order valence-electron chi connectivity index (χ1n) is 13.2. The summed E-state index contributed by atoms with van der Waals surface area (Å²) in [6.45, 7) is 9.29. The molecule has 11 unspecified atom stereocenters. The van der Waals surface area contributed by atoms with Gasteiger partial charge in [-0.1, -0.05) is 0 Å². The number of rotatable bonds is 7. The van der Waals surface area contributed by atoms with E-state index in [1.165, 1.54) is 20.1 Å². The Labute approximate surface area is 220 Å². The number of fused-ring (bicyclic) bond motifs is 3. The molecule has 38 heavy (non-hydrogen) atoms. The molecule has 0 aromatic heterocycles. The molecule has 210 valence electrons. The van der Waals surface area contributed by atoms with Crippen molar-refractivity contribution in [3.05, 3.63) is 11.8 Å². The molecule has 0 aromatic carbocycles. The van der Waals surface area contributed by atoms with Crippen molar-refractivity contribution in [2.45, 2.75) is 97.1 Å². The van der Waals surface area contributed by atoms with Crippen molar-refractivity contribution in [2.75, 3.05) is 0 Å². The zero-order valence-electron chi connectivity index (χ0n) is 22.5. The monoisotopic (exact) mass is 536 g/mol. The van der Waals surface area contributed by atoms with Gasteiger partial charge in [0.1, 0.15) is 11.7 Å². The van der Waals surface area contributed by atoms with Crippen molar-refractivity contribution >= 4 is 23.9 Å². The molecule has 2 aliphatic heterocycles. The molecule has 3 saturated carbocycles. The first-order chi connectivity index (χ1) is 17.6. The van der Waals surface area contributed by atoms with E-state index in [4.69, 9.17) is 23.7 Å². The molecule has 2 N–H and O–H groups in total. The lowest BCUT2D eigenvalue weighted by Gasteiger charge is -2.51. The SMILES string of the molecule is CC(=O)OC(C)(C)CC(=O)OC1OC=C2C3OC(=O)C4(C)C(CC25C1CC(O)C45)C3OC(=O)C(C)C(C)O. The highest BCUT2D eigenvalue weighted by Gasteiger charge is 2.82. The normalized spacial score (nSPS) is 41.7. The molecule has 3 aliphatic carbocycles. The van der Waals surface area contributed by atoms with Crippen LogP contribution in [0.4, 0.5) is 0 Å². The third-order valence-corrected chi connectivity index (χ3v) is 9.53. The van der Waals surface area contributed by atoms with E-state index in [2.05, 4.69) is 0 Å². The van der Waals surface area contributed by atoms with E-state index in [-0.39, 0.29) is 12.8 Å². The smallest absolute Gasteiger partial charge is 0.313 e.